The van der Waals surface area contributed by atoms with Gasteiger partial charge in [0.05, 0.1) is 26.0 Å². The lowest BCUT2D eigenvalue weighted by atomic mass is 10.2. The Hall–Kier alpha value is -3.13. The van der Waals surface area contributed by atoms with Gasteiger partial charge in [0.1, 0.15) is 11.5 Å². The average molecular weight is 480 g/mol. The summed E-state index contributed by atoms with van der Waals surface area (Å²) < 4.78 is 2.02. The van der Waals surface area contributed by atoms with Crippen molar-refractivity contribution in [1.82, 2.24) is 19.9 Å². The number of nitrogens with zero attached hydrogens (tertiary/aromatic N) is 4. The first kappa shape index (κ1) is 20.8. The molecule has 0 saturated carbocycles. The number of carbonyl (C=O) groups is 1. The molecule has 9 heteroatoms. The van der Waals surface area contributed by atoms with Crippen molar-refractivity contribution in [3.05, 3.63) is 81.4 Å². The van der Waals surface area contributed by atoms with Crippen LogP contribution in [0.15, 0.2) is 70.8 Å². The summed E-state index contributed by atoms with van der Waals surface area (Å²) in [5, 5.41) is 4.03. The number of thioether (sulfide) groups is 1. The van der Waals surface area contributed by atoms with Gasteiger partial charge in [0.2, 0.25) is 0 Å². The number of aromatic nitrogens is 3. The molecule has 2 aromatic heterocycles. The highest BCUT2D eigenvalue weighted by atomic mass is 35.5. The normalized spacial score (nSPS) is 16.3. The molecule has 0 unspecified atom stereocenters. The molecule has 5 rings (SSSR count). The molecule has 4 aromatic rings. The zero-order valence-corrected chi connectivity index (χ0v) is 19.0. The SMILES string of the molecule is Cn1c(-c2cccnc2)nc2ccc(/C=C3\SC(=Nc4c(Cl)cccc4Cl)NC3=O)cc21. The maximum absolute atomic E-state index is 12.5. The summed E-state index contributed by atoms with van der Waals surface area (Å²) in [5.74, 6) is 0.606. The highest BCUT2D eigenvalue weighted by Crippen LogP contribution is 2.36. The van der Waals surface area contributed by atoms with Crippen LogP contribution >= 0.6 is 35.0 Å². The molecule has 0 bridgehead atoms. The number of halogens is 2. The smallest absolute Gasteiger partial charge is 0.264 e. The van der Waals surface area contributed by atoms with Crippen molar-refractivity contribution in [3.8, 4) is 11.4 Å². The van der Waals surface area contributed by atoms with Crippen molar-refractivity contribution in [2.75, 3.05) is 0 Å². The minimum atomic E-state index is -0.224. The van der Waals surface area contributed by atoms with Gasteiger partial charge in [-0.2, -0.15) is 0 Å². The van der Waals surface area contributed by atoms with E-state index in [1.807, 2.05) is 48.0 Å². The summed E-state index contributed by atoms with van der Waals surface area (Å²) in [7, 11) is 1.96. The molecule has 0 aliphatic carbocycles. The van der Waals surface area contributed by atoms with Gasteiger partial charge in [0.15, 0.2) is 5.17 Å². The van der Waals surface area contributed by atoms with Crippen LogP contribution in [0, 0.1) is 0 Å². The van der Waals surface area contributed by atoms with Crippen LogP contribution in [0.4, 0.5) is 5.69 Å². The van der Waals surface area contributed by atoms with Gasteiger partial charge >= 0.3 is 0 Å². The Balaban J connectivity index is 1.47. The number of fused-ring (bicyclic) bond motifs is 1. The third-order valence-corrected chi connectivity index (χ3v) is 6.44. The quantitative estimate of drug-likeness (QED) is 0.375. The fourth-order valence-electron chi connectivity index (χ4n) is 3.38. The number of amidine groups is 1. The van der Waals surface area contributed by atoms with Crippen molar-refractivity contribution in [2.45, 2.75) is 0 Å². The fourth-order valence-corrected chi connectivity index (χ4v) is 4.69. The maximum Gasteiger partial charge on any atom is 0.264 e. The Morgan fingerprint density at radius 3 is 2.69 bits per heavy atom. The number of nitrogens with one attached hydrogen (secondary N) is 1. The number of aliphatic imine (C=N–C) groups is 1. The number of rotatable bonds is 3. The van der Waals surface area contributed by atoms with E-state index < -0.39 is 0 Å². The second-order valence-corrected chi connectivity index (χ2v) is 8.88. The summed E-state index contributed by atoms with van der Waals surface area (Å²) in [6, 6.07) is 14.9. The van der Waals surface area contributed by atoms with Gasteiger partial charge in [0.25, 0.3) is 5.91 Å². The molecule has 0 spiro atoms. The molecule has 2 aromatic carbocycles. The Labute approximate surface area is 198 Å². The van der Waals surface area contributed by atoms with Crippen LogP contribution < -0.4 is 5.32 Å². The molecule has 1 fully saturated rings. The summed E-state index contributed by atoms with van der Waals surface area (Å²) in [5.41, 5.74) is 4.08. The molecule has 1 aliphatic rings. The molecular weight excluding hydrogens is 465 g/mol. The molecule has 6 nitrogen and oxygen atoms in total. The van der Waals surface area contributed by atoms with Crippen LogP contribution in [0.5, 0.6) is 0 Å². The highest BCUT2D eigenvalue weighted by Gasteiger charge is 2.24. The van der Waals surface area contributed by atoms with E-state index in [0.29, 0.717) is 25.8 Å². The number of aryl methyl sites for hydroxylation is 1. The zero-order valence-electron chi connectivity index (χ0n) is 16.7. The van der Waals surface area contributed by atoms with Crippen LogP contribution in [-0.2, 0) is 11.8 Å². The monoisotopic (exact) mass is 479 g/mol. The van der Waals surface area contributed by atoms with Crippen molar-refractivity contribution in [1.29, 1.82) is 0 Å². The van der Waals surface area contributed by atoms with E-state index >= 15 is 0 Å². The summed E-state index contributed by atoms with van der Waals surface area (Å²) in [4.78, 5) is 26.3. The molecule has 1 N–H and O–H groups in total. The number of pyridine rings is 1. The van der Waals surface area contributed by atoms with Gasteiger partial charge < -0.3 is 9.88 Å². The van der Waals surface area contributed by atoms with Gasteiger partial charge in [0, 0.05) is 25.0 Å². The summed E-state index contributed by atoms with van der Waals surface area (Å²) in [6.07, 6.45) is 5.35. The third-order valence-electron chi connectivity index (χ3n) is 4.92. The predicted octanol–water partition coefficient (Wildman–Crippen LogP) is 5.83. The molecule has 3 heterocycles. The number of hydrogen-bond donors (Lipinski definition) is 1. The van der Waals surface area contributed by atoms with Gasteiger partial charge in [-0.15, -0.1) is 0 Å². The third kappa shape index (κ3) is 3.90. The predicted molar refractivity (Wildman–Crippen MR) is 131 cm³/mol. The van der Waals surface area contributed by atoms with Crippen LogP contribution in [0.25, 0.3) is 28.5 Å². The lowest BCUT2D eigenvalue weighted by molar-refractivity contribution is -0.115. The van der Waals surface area contributed by atoms with E-state index in [9.17, 15) is 4.79 Å². The number of imidazole rings is 1. The first-order chi connectivity index (χ1) is 15.5. The lowest BCUT2D eigenvalue weighted by Gasteiger charge is -2.02. The van der Waals surface area contributed by atoms with Crippen LogP contribution in [0.2, 0.25) is 10.0 Å². The van der Waals surface area contributed by atoms with E-state index in [1.165, 1.54) is 11.8 Å². The van der Waals surface area contributed by atoms with E-state index in [-0.39, 0.29) is 5.91 Å². The Bertz CT molecular complexity index is 1410. The zero-order chi connectivity index (χ0) is 22.2. The van der Waals surface area contributed by atoms with Crippen LogP contribution in [0.1, 0.15) is 5.56 Å². The molecule has 0 atom stereocenters. The standard InChI is InChI=1S/C23H15Cl2N5OS/c1-30-18-10-13(7-8-17(18)27-21(30)14-4-3-9-26-12-14)11-19-22(31)29-23(32-19)28-20-15(24)5-2-6-16(20)25/h2-12H,1H3,(H,28,29,31)/b19-11-. The second-order valence-electron chi connectivity index (χ2n) is 7.04. The second kappa shape index (κ2) is 8.43. The summed E-state index contributed by atoms with van der Waals surface area (Å²) in [6.45, 7) is 0. The molecule has 158 valence electrons. The molecule has 0 radical (unpaired) electrons. The molecular formula is C23H15Cl2N5OS. The summed E-state index contributed by atoms with van der Waals surface area (Å²) >= 11 is 13.6. The van der Waals surface area contributed by atoms with E-state index in [4.69, 9.17) is 28.2 Å². The van der Waals surface area contributed by atoms with Crippen molar-refractivity contribution in [3.63, 3.8) is 0 Å². The van der Waals surface area contributed by atoms with Crippen molar-refractivity contribution >= 4 is 68.8 Å². The van der Waals surface area contributed by atoms with E-state index in [0.717, 1.165) is 28.0 Å². The number of benzene rings is 2. The van der Waals surface area contributed by atoms with Crippen LogP contribution in [-0.4, -0.2) is 25.6 Å². The van der Waals surface area contributed by atoms with Crippen molar-refractivity contribution < 1.29 is 4.79 Å². The van der Waals surface area contributed by atoms with Crippen molar-refractivity contribution in [2.24, 2.45) is 12.0 Å². The molecule has 1 saturated heterocycles. The van der Waals surface area contributed by atoms with Gasteiger partial charge in [-0.25, -0.2) is 9.98 Å². The lowest BCUT2D eigenvalue weighted by Crippen LogP contribution is -2.19. The maximum atomic E-state index is 12.5. The highest BCUT2D eigenvalue weighted by molar-refractivity contribution is 8.18. The van der Waals surface area contributed by atoms with Crippen LogP contribution in [0.3, 0.4) is 0 Å². The first-order valence-electron chi connectivity index (χ1n) is 9.60. The van der Waals surface area contributed by atoms with Gasteiger partial charge in [-0.1, -0.05) is 35.3 Å². The van der Waals surface area contributed by atoms with Gasteiger partial charge in [-0.05, 0) is 59.8 Å². The Morgan fingerprint density at radius 1 is 1.12 bits per heavy atom. The minimum absolute atomic E-state index is 0.224. The molecule has 1 amide bonds. The topological polar surface area (TPSA) is 72.2 Å². The number of para-hydroxylation sites is 1. The minimum Gasteiger partial charge on any atom is -0.327 e. The molecule has 32 heavy (non-hydrogen) atoms. The number of amides is 1. The Kier molecular flexibility index (Phi) is 5.46. The largest absolute Gasteiger partial charge is 0.327 e. The number of hydrogen-bond acceptors (Lipinski definition) is 5. The van der Waals surface area contributed by atoms with E-state index in [2.05, 4.69) is 15.3 Å². The number of carbonyl (C=O) groups excluding carboxylic acids is 1. The van der Waals surface area contributed by atoms with Gasteiger partial charge in [-0.3, -0.25) is 9.78 Å². The van der Waals surface area contributed by atoms with E-state index in [1.54, 1.807) is 30.6 Å². The fraction of sp³-hybridized carbons (Fsp3) is 0.0435. The molecule has 1 aliphatic heterocycles. The Morgan fingerprint density at radius 2 is 1.94 bits per heavy atom. The first-order valence-corrected chi connectivity index (χ1v) is 11.2. The average Bonchev–Trinajstić information content (AvgIpc) is 3.31.